The first kappa shape index (κ1) is 20.6. The van der Waals surface area contributed by atoms with E-state index in [1.54, 1.807) is 18.0 Å². The minimum atomic E-state index is -0.704. The quantitative estimate of drug-likeness (QED) is 0.245. The standard InChI is InChI=1S/C24H21N3O3/c1-3-12-30-24(28)20(15-25)13-21-17-27(16-18-8-5-4-6-9-18)26-23(21)19-10-7-11-22(14-19)29-2/h3-11,13-14,17H,1,12,16H2,2H3/b20-13+. The molecule has 0 aliphatic heterocycles. The molecule has 0 amide bonds. The van der Waals surface area contributed by atoms with Crippen LogP contribution in [0.15, 0.2) is 79.0 Å². The number of hydrogen-bond acceptors (Lipinski definition) is 5. The van der Waals surface area contributed by atoms with Crippen LogP contribution in [0.2, 0.25) is 0 Å². The highest BCUT2D eigenvalue weighted by atomic mass is 16.5. The van der Waals surface area contributed by atoms with Crippen LogP contribution in [-0.2, 0) is 16.1 Å². The summed E-state index contributed by atoms with van der Waals surface area (Å²) in [7, 11) is 1.59. The van der Waals surface area contributed by atoms with Crippen molar-refractivity contribution in [1.29, 1.82) is 5.26 Å². The van der Waals surface area contributed by atoms with Crippen LogP contribution in [0.25, 0.3) is 17.3 Å². The van der Waals surface area contributed by atoms with Gasteiger partial charge in [-0.2, -0.15) is 10.4 Å². The predicted octanol–water partition coefficient (Wildman–Crippen LogP) is 4.24. The van der Waals surface area contributed by atoms with Crippen molar-refractivity contribution in [2.75, 3.05) is 13.7 Å². The average molecular weight is 399 g/mol. The molecule has 1 aromatic heterocycles. The molecule has 0 saturated carbocycles. The van der Waals surface area contributed by atoms with Gasteiger partial charge in [0.1, 0.15) is 24.0 Å². The Labute approximate surface area is 175 Å². The molecule has 0 bridgehead atoms. The maximum absolute atomic E-state index is 12.2. The molecule has 0 saturated heterocycles. The molecule has 6 heteroatoms. The molecule has 0 N–H and O–H groups in total. The fraction of sp³-hybridized carbons (Fsp3) is 0.125. The lowest BCUT2D eigenvalue weighted by Crippen LogP contribution is -2.06. The van der Waals surface area contributed by atoms with E-state index >= 15 is 0 Å². The van der Waals surface area contributed by atoms with Gasteiger partial charge in [0, 0.05) is 17.3 Å². The molecule has 0 spiro atoms. The van der Waals surface area contributed by atoms with Crippen molar-refractivity contribution in [1.82, 2.24) is 9.78 Å². The lowest BCUT2D eigenvalue weighted by Gasteiger charge is -2.04. The van der Waals surface area contributed by atoms with Crippen LogP contribution in [-0.4, -0.2) is 29.5 Å². The number of rotatable bonds is 8. The molecule has 150 valence electrons. The Hall–Kier alpha value is -4.11. The maximum Gasteiger partial charge on any atom is 0.349 e. The van der Waals surface area contributed by atoms with Gasteiger partial charge in [0.2, 0.25) is 0 Å². The lowest BCUT2D eigenvalue weighted by atomic mass is 10.1. The van der Waals surface area contributed by atoms with E-state index < -0.39 is 5.97 Å². The van der Waals surface area contributed by atoms with Gasteiger partial charge in [0.05, 0.1) is 19.3 Å². The van der Waals surface area contributed by atoms with E-state index in [1.807, 2.05) is 60.7 Å². The highest BCUT2D eigenvalue weighted by Crippen LogP contribution is 2.27. The Balaban J connectivity index is 2.04. The van der Waals surface area contributed by atoms with Gasteiger partial charge in [-0.3, -0.25) is 4.68 Å². The summed E-state index contributed by atoms with van der Waals surface area (Å²) < 4.78 is 12.1. The first-order valence-corrected chi connectivity index (χ1v) is 9.30. The van der Waals surface area contributed by atoms with E-state index in [-0.39, 0.29) is 12.2 Å². The number of carbonyl (C=O) groups excluding carboxylic acids is 1. The van der Waals surface area contributed by atoms with Crippen LogP contribution in [0.4, 0.5) is 0 Å². The van der Waals surface area contributed by atoms with Crippen molar-refractivity contribution in [3.63, 3.8) is 0 Å². The Morgan fingerprint density at radius 1 is 1.23 bits per heavy atom. The molecule has 3 rings (SSSR count). The van der Waals surface area contributed by atoms with Crippen LogP contribution in [0, 0.1) is 11.3 Å². The molecule has 2 aromatic carbocycles. The molecule has 0 atom stereocenters. The third-order valence-corrected chi connectivity index (χ3v) is 4.29. The fourth-order valence-corrected chi connectivity index (χ4v) is 2.89. The van der Waals surface area contributed by atoms with Gasteiger partial charge in [-0.25, -0.2) is 4.79 Å². The summed E-state index contributed by atoms with van der Waals surface area (Å²) in [6, 6.07) is 19.3. The van der Waals surface area contributed by atoms with E-state index in [1.165, 1.54) is 12.2 Å². The summed E-state index contributed by atoms with van der Waals surface area (Å²) in [6.45, 7) is 4.10. The van der Waals surface area contributed by atoms with E-state index in [0.717, 1.165) is 11.1 Å². The molecule has 3 aromatic rings. The third kappa shape index (κ3) is 5.03. The molecular weight excluding hydrogens is 378 g/mol. The topological polar surface area (TPSA) is 77.1 Å². The summed E-state index contributed by atoms with van der Waals surface area (Å²) >= 11 is 0. The SMILES string of the molecule is C=CCOC(=O)/C(C#N)=C/c1cn(Cc2ccccc2)nc1-c1cccc(OC)c1. The highest BCUT2D eigenvalue weighted by molar-refractivity contribution is 5.98. The number of aromatic nitrogens is 2. The van der Waals surface area contributed by atoms with Crippen molar-refractivity contribution >= 4 is 12.0 Å². The number of nitriles is 1. The summed E-state index contributed by atoms with van der Waals surface area (Å²) in [6.07, 6.45) is 4.75. The second-order valence-corrected chi connectivity index (χ2v) is 6.41. The monoisotopic (exact) mass is 399 g/mol. The highest BCUT2D eigenvalue weighted by Gasteiger charge is 2.16. The molecular formula is C24H21N3O3. The largest absolute Gasteiger partial charge is 0.497 e. The summed E-state index contributed by atoms with van der Waals surface area (Å²) in [5.74, 6) is -0.0178. The first-order valence-electron chi connectivity index (χ1n) is 9.30. The van der Waals surface area contributed by atoms with Crippen LogP contribution < -0.4 is 4.74 Å². The molecule has 30 heavy (non-hydrogen) atoms. The molecule has 0 aliphatic rings. The number of methoxy groups -OCH3 is 1. The van der Waals surface area contributed by atoms with Crippen molar-refractivity contribution in [3.05, 3.63) is 90.1 Å². The van der Waals surface area contributed by atoms with Gasteiger partial charge in [-0.05, 0) is 23.8 Å². The number of hydrogen-bond donors (Lipinski definition) is 0. The van der Waals surface area contributed by atoms with Crippen LogP contribution in [0.3, 0.4) is 0 Å². The second-order valence-electron chi connectivity index (χ2n) is 6.41. The Kier molecular flexibility index (Phi) is 6.80. The summed E-state index contributed by atoms with van der Waals surface area (Å²) in [4.78, 5) is 12.2. The van der Waals surface area contributed by atoms with E-state index in [9.17, 15) is 10.1 Å². The number of ether oxygens (including phenoxy) is 2. The van der Waals surface area contributed by atoms with Crippen LogP contribution >= 0.6 is 0 Å². The fourth-order valence-electron chi connectivity index (χ4n) is 2.89. The normalized spacial score (nSPS) is 10.9. The second kappa shape index (κ2) is 9.89. The zero-order chi connectivity index (χ0) is 21.3. The minimum Gasteiger partial charge on any atom is -0.497 e. The number of nitrogens with zero attached hydrogens (tertiary/aromatic N) is 3. The summed E-state index contributed by atoms with van der Waals surface area (Å²) in [5, 5.41) is 14.1. The molecule has 0 fully saturated rings. The zero-order valence-corrected chi connectivity index (χ0v) is 16.6. The van der Waals surface area contributed by atoms with E-state index in [4.69, 9.17) is 14.6 Å². The van der Waals surface area contributed by atoms with Gasteiger partial charge in [0.25, 0.3) is 0 Å². The van der Waals surface area contributed by atoms with Gasteiger partial charge < -0.3 is 9.47 Å². The lowest BCUT2D eigenvalue weighted by molar-refractivity contribution is -0.137. The third-order valence-electron chi connectivity index (χ3n) is 4.29. The molecule has 1 heterocycles. The van der Waals surface area contributed by atoms with Gasteiger partial charge in [-0.1, -0.05) is 55.1 Å². The Bertz CT molecular complexity index is 1110. The molecule has 0 radical (unpaired) electrons. The van der Waals surface area contributed by atoms with Crippen molar-refractivity contribution in [2.24, 2.45) is 0 Å². The Morgan fingerprint density at radius 2 is 2.03 bits per heavy atom. The van der Waals surface area contributed by atoms with E-state index in [0.29, 0.717) is 23.6 Å². The maximum atomic E-state index is 12.2. The predicted molar refractivity (Wildman–Crippen MR) is 115 cm³/mol. The molecule has 6 nitrogen and oxygen atoms in total. The molecule has 0 aliphatic carbocycles. The van der Waals surface area contributed by atoms with E-state index in [2.05, 4.69) is 6.58 Å². The van der Waals surface area contributed by atoms with Gasteiger partial charge in [-0.15, -0.1) is 0 Å². The smallest absolute Gasteiger partial charge is 0.349 e. The molecule has 0 unspecified atom stereocenters. The number of carbonyl (C=O) groups is 1. The average Bonchev–Trinajstić information content (AvgIpc) is 3.18. The minimum absolute atomic E-state index is 0.0356. The van der Waals surface area contributed by atoms with Crippen molar-refractivity contribution in [2.45, 2.75) is 6.54 Å². The van der Waals surface area contributed by atoms with Crippen molar-refractivity contribution < 1.29 is 14.3 Å². The van der Waals surface area contributed by atoms with Crippen molar-refractivity contribution in [3.8, 4) is 23.1 Å². The summed E-state index contributed by atoms with van der Waals surface area (Å²) in [5.41, 5.74) is 3.04. The van der Waals surface area contributed by atoms with Gasteiger partial charge >= 0.3 is 5.97 Å². The zero-order valence-electron chi connectivity index (χ0n) is 16.6. The van der Waals surface area contributed by atoms with Gasteiger partial charge in [0.15, 0.2) is 0 Å². The Morgan fingerprint density at radius 3 is 2.73 bits per heavy atom. The first-order chi connectivity index (χ1) is 14.6. The number of benzene rings is 2. The number of esters is 1. The van der Waals surface area contributed by atoms with Crippen LogP contribution in [0.1, 0.15) is 11.1 Å². The van der Waals surface area contributed by atoms with Crippen LogP contribution in [0.5, 0.6) is 5.75 Å².